The zero-order valence-electron chi connectivity index (χ0n) is 18.9. The number of hydrogen-bond acceptors (Lipinski definition) is 7. The number of fused-ring (bicyclic) bond motifs is 1. The minimum atomic E-state index is -0.371. The van der Waals surface area contributed by atoms with Crippen LogP contribution in [0.2, 0.25) is 5.15 Å². The van der Waals surface area contributed by atoms with Crippen molar-refractivity contribution in [1.82, 2.24) is 24.9 Å². The van der Waals surface area contributed by atoms with E-state index in [2.05, 4.69) is 42.3 Å². The summed E-state index contributed by atoms with van der Waals surface area (Å²) in [6, 6.07) is 5.85. The normalized spacial score (nSPS) is 19.5. The number of amides is 2. The quantitative estimate of drug-likeness (QED) is 0.295. The van der Waals surface area contributed by atoms with E-state index in [0.717, 1.165) is 44.2 Å². The van der Waals surface area contributed by atoms with E-state index in [1.54, 1.807) is 16.6 Å². The summed E-state index contributed by atoms with van der Waals surface area (Å²) in [7, 11) is 0. The molecule has 2 saturated carbocycles. The molecule has 0 radical (unpaired) electrons. The zero-order chi connectivity index (χ0) is 24.4. The number of nitrogens with zero attached hydrogens (tertiary/aromatic N) is 4. The molecule has 0 aliphatic heterocycles. The summed E-state index contributed by atoms with van der Waals surface area (Å²) in [5.74, 6) is 2.03. The van der Waals surface area contributed by atoms with Crippen molar-refractivity contribution < 1.29 is 9.59 Å². The van der Waals surface area contributed by atoms with Crippen LogP contribution in [-0.2, 0) is 4.79 Å². The molecule has 4 N–H and O–H groups in total. The Morgan fingerprint density at radius 1 is 1.03 bits per heavy atom. The molecule has 0 saturated heterocycles. The molecule has 0 aromatic carbocycles. The van der Waals surface area contributed by atoms with E-state index >= 15 is 0 Å². The van der Waals surface area contributed by atoms with E-state index in [0.29, 0.717) is 28.9 Å². The van der Waals surface area contributed by atoms with Gasteiger partial charge in [-0.15, -0.1) is 11.5 Å². The number of imidazole rings is 1. The van der Waals surface area contributed by atoms with Crippen molar-refractivity contribution in [2.24, 2.45) is 0 Å². The second-order valence-electron chi connectivity index (χ2n) is 8.87. The lowest BCUT2D eigenvalue weighted by molar-refractivity contribution is -0.116. The first-order valence-electron chi connectivity index (χ1n) is 11.6. The standard InChI is InChI=1S/C24H25ClN8O2/c1-2-22(34)30-16-7-5-15(6-8-16)29-21-12-18(28-14-3-4-14)23-27-13-19(33(23)32-21)24(35)31-17-9-10-26-20(25)11-17/h1,9-16,28H,3-8H2,(H,29,32)(H,30,34)(H,26,31,35)/t15-,16-. The fraction of sp³-hybridized carbons (Fsp3) is 0.375. The van der Waals surface area contributed by atoms with E-state index in [1.165, 1.54) is 12.4 Å². The molecule has 0 bridgehead atoms. The van der Waals surface area contributed by atoms with E-state index in [-0.39, 0.29) is 29.1 Å². The minimum Gasteiger partial charge on any atom is -0.379 e. The third kappa shape index (κ3) is 5.46. The molecule has 2 amide bonds. The van der Waals surface area contributed by atoms with Crippen molar-refractivity contribution in [3.63, 3.8) is 0 Å². The second kappa shape index (κ2) is 9.80. The Morgan fingerprint density at radius 3 is 2.46 bits per heavy atom. The minimum absolute atomic E-state index is 0.0878. The number of carbonyl (C=O) groups is 2. The molecule has 3 aromatic heterocycles. The lowest BCUT2D eigenvalue weighted by Gasteiger charge is -2.29. The number of carbonyl (C=O) groups excluding carboxylic acids is 2. The fourth-order valence-electron chi connectivity index (χ4n) is 4.24. The summed E-state index contributed by atoms with van der Waals surface area (Å²) in [4.78, 5) is 32.9. The van der Waals surface area contributed by atoms with Crippen LogP contribution in [0, 0.1) is 12.3 Å². The molecule has 180 valence electrons. The van der Waals surface area contributed by atoms with Crippen LogP contribution in [0.15, 0.2) is 30.6 Å². The third-order valence-corrected chi connectivity index (χ3v) is 6.37. The Balaban J connectivity index is 1.36. The number of anilines is 3. The van der Waals surface area contributed by atoms with Gasteiger partial charge in [0.05, 0.1) is 11.9 Å². The first-order chi connectivity index (χ1) is 17.0. The van der Waals surface area contributed by atoms with Crippen LogP contribution in [-0.4, -0.2) is 49.5 Å². The van der Waals surface area contributed by atoms with Crippen molar-refractivity contribution in [3.8, 4) is 12.3 Å². The van der Waals surface area contributed by atoms with Crippen LogP contribution in [0.25, 0.3) is 5.65 Å². The number of rotatable bonds is 7. The van der Waals surface area contributed by atoms with Gasteiger partial charge in [-0.3, -0.25) is 9.59 Å². The summed E-state index contributed by atoms with van der Waals surface area (Å²) in [5, 5.41) is 17.6. The van der Waals surface area contributed by atoms with Crippen LogP contribution < -0.4 is 21.3 Å². The molecule has 0 spiro atoms. The number of terminal acetylenes is 1. The molecule has 0 unspecified atom stereocenters. The maximum Gasteiger partial charge on any atom is 0.295 e. The van der Waals surface area contributed by atoms with Gasteiger partial charge in [0.1, 0.15) is 11.0 Å². The number of pyridine rings is 1. The highest BCUT2D eigenvalue weighted by Crippen LogP contribution is 2.30. The Labute approximate surface area is 207 Å². The average molecular weight is 493 g/mol. The van der Waals surface area contributed by atoms with Gasteiger partial charge >= 0.3 is 0 Å². The van der Waals surface area contributed by atoms with Gasteiger partial charge in [-0.25, -0.2) is 14.5 Å². The molecule has 3 heterocycles. The molecule has 11 heteroatoms. The maximum atomic E-state index is 13.0. The molecule has 0 atom stereocenters. The van der Waals surface area contributed by atoms with Gasteiger partial charge in [0.15, 0.2) is 11.3 Å². The molecule has 10 nitrogen and oxygen atoms in total. The molecule has 2 fully saturated rings. The molecular weight excluding hydrogens is 468 g/mol. The van der Waals surface area contributed by atoms with Crippen LogP contribution in [0.5, 0.6) is 0 Å². The highest BCUT2D eigenvalue weighted by molar-refractivity contribution is 6.29. The van der Waals surface area contributed by atoms with Gasteiger partial charge in [0, 0.05) is 36.1 Å². The Bertz CT molecular complexity index is 1300. The number of aromatic nitrogens is 4. The van der Waals surface area contributed by atoms with E-state index in [4.69, 9.17) is 18.0 Å². The average Bonchev–Trinajstić information content (AvgIpc) is 3.55. The van der Waals surface area contributed by atoms with Gasteiger partial charge in [-0.2, -0.15) is 0 Å². The van der Waals surface area contributed by atoms with Gasteiger partial charge in [-0.1, -0.05) is 11.6 Å². The molecule has 3 aromatic rings. The summed E-state index contributed by atoms with van der Waals surface area (Å²) < 4.78 is 1.56. The van der Waals surface area contributed by atoms with Crippen molar-refractivity contribution in [1.29, 1.82) is 0 Å². The predicted octanol–water partition coefficient (Wildman–Crippen LogP) is 3.08. The predicted molar refractivity (Wildman–Crippen MR) is 133 cm³/mol. The van der Waals surface area contributed by atoms with E-state index < -0.39 is 0 Å². The number of nitrogens with one attached hydrogen (secondary N) is 4. The topological polar surface area (TPSA) is 125 Å². The largest absolute Gasteiger partial charge is 0.379 e. The van der Waals surface area contributed by atoms with Gasteiger partial charge in [-0.05, 0) is 56.6 Å². The molecule has 2 aliphatic carbocycles. The molecular formula is C24H25ClN8O2. The number of halogens is 1. The van der Waals surface area contributed by atoms with Crippen LogP contribution in [0.1, 0.15) is 49.0 Å². The first-order valence-corrected chi connectivity index (χ1v) is 12.0. The van der Waals surface area contributed by atoms with Crippen LogP contribution in [0.3, 0.4) is 0 Å². The fourth-order valence-corrected chi connectivity index (χ4v) is 4.42. The maximum absolute atomic E-state index is 13.0. The monoisotopic (exact) mass is 492 g/mol. The highest BCUT2D eigenvalue weighted by Gasteiger charge is 2.26. The lowest BCUT2D eigenvalue weighted by atomic mass is 9.91. The Hall–Kier alpha value is -3.84. The SMILES string of the molecule is C#CC(=O)N[C@H]1CC[C@H](Nc2cc(NC3CC3)c3ncc(C(=O)Nc4ccnc(Cl)c4)n3n2)CC1. The third-order valence-electron chi connectivity index (χ3n) is 6.17. The molecule has 5 rings (SSSR count). The van der Waals surface area contributed by atoms with Gasteiger partial charge in [0.2, 0.25) is 0 Å². The van der Waals surface area contributed by atoms with Crippen molar-refractivity contribution in [2.45, 2.75) is 56.7 Å². The smallest absolute Gasteiger partial charge is 0.295 e. The van der Waals surface area contributed by atoms with E-state index in [1.807, 2.05) is 6.07 Å². The molecule has 35 heavy (non-hydrogen) atoms. The Kier molecular flexibility index (Phi) is 6.42. The Morgan fingerprint density at radius 2 is 1.74 bits per heavy atom. The van der Waals surface area contributed by atoms with Gasteiger partial charge < -0.3 is 21.3 Å². The highest BCUT2D eigenvalue weighted by atomic mass is 35.5. The zero-order valence-corrected chi connectivity index (χ0v) is 19.7. The van der Waals surface area contributed by atoms with Crippen molar-refractivity contribution in [3.05, 3.63) is 41.4 Å². The lowest BCUT2D eigenvalue weighted by Crippen LogP contribution is -2.39. The summed E-state index contributed by atoms with van der Waals surface area (Å²) in [6.07, 6.45) is 13.8. The van der Waals surface area contributed by atoms with Crippen molar-refractivity contribution >= 4 is 46.3 Å². The van der Waals surface area contributed by atoms with Crippen LogP contribution in [0.4, 0.5) is 17.2 Å². The second-order valence-corrected chi connectivity index (χ2v) is 9.26. The van der Waals surface area contributed by atoms with Crippen molar-refractivity contribution in [2.75, 3.05) is 16.0 Å². The number of hydrogen-bond donors (Lipinski definition) is 4. The summed E-state index contributed by atoms with van der Waals surface area (Å²) >= 11 is 5.94. The van der Waals surface area contributed by atoms with Crippen LogP contribution >= 0.6 is 11.6 Å². The van der Waals surface area contributed by atoms with Gasteiger partial charge in [0.25, 0.3) is 11.8 Å². The summed E-state index contributed by atoms with van der Waals surface area (Å²) in [5.41, 5.74) is 2.24. The van der Waals surface area contributed by atoms with E-state index in [9.17, 15) is 9.59 Å². The molecule has 2 aliphatic rings. The summed E-state index contributed by atoms with van der Waals surface area (Å²) in [6.45, 7) is 0. The first kappa shape index (κ1) is 22.9.